The van der Waals surface area contributed by atoms with Crippen molar-refractivity contribution in [1.82, 2.24) is 0 Å². The van der Waals surface area contributed by atoms with Gasteiger partial charge >= 0.3 is 0 Å². The summed E-state index contributed by atoms with van der Waals surface area (Å²) in [7, 11) is -3.88. The Morgan fingerprint density at radius 3 is 2.11 bits per heavy atom. The summed E-state index contributed by atoms with van der Waals surface area (Å²) in [6.07, 6.45) is 0. The van der Waals surface area contributed by atoms with Crippen LogP contribution in [0.4, 0.5) is 11.4 Å². The topological polar surface area (TPSA) is 66.5 Å². The quantitative estimate of drug-likeness (QED) is 0.269. The Morgan fingerprint density at radius 2 is 1.44 bits per heavy atom. The molecule has 1 amide bonds. The highest BCUT2D eigenvalue weighted by Gasteiger charge is 2.26. The van der Waals surface area contributed by atoms with Crippen molar-refractivity contribution >= 4 is 50.5 Å². The molecule has 4 rings (SSSR count). The molecule has 0 aliphatic heterocycles. The van der Waals surface area contributed by atoms with Gasteiger partial charge in [0.2, 0.25) is 0 Å². The molecule has 0 saturated heterocycles. The molecule has 5 nitrogen and oxygen atoms in total. The summed E-state index contributed by atoms with van der Waals surface area (Å²) in [6, 6.07) is 25.5. The van der Waals surface area contributed by atoms with E-state index in [2.05, 4.69) is 5.32 Å². The number of carbonyl (C=O) groups is 1. The summed E-state index contributed by atoms with van der Waals surface area (Å²) in [5, 5.41) is 3.92. The van der Waals surface area contributed by atoms with E-state index in [0.717, 1.165) is 11.1 Å². The van der Waals surface area contributed by atoms with E-state index in [0.29, 0.717) is 32.5 Å². The molecule has 184 valence electrons. The van der Waals surface area contributed by atoms with E-state index in [1.54, 1.807) is 91.0 Å². The van der Waals surface area contributed by atoms with Crippen LogP contribution < -0.4 is 9.62 Å². The van der Waals surface area contributed by atoms with Gasteiger partial charge in [-0.1, -0.05) is 59.6 Å². The molecule has 0 spiro atoms. The van der Waals surface area contributed by atoms with Crippen molar-refractivity contribution in [3.8, 4) is 0 Å². The van der Waals surface area contributed by atoms with Crippen LogP contribution >= 0.6 is 23.2 Å². The minimum atomic E-state index is -3.88. The van der Waals surface area contributed by atoms with Crippen LogP contribution in [-0.4, -0.2) is 14.3 Å². The Labute approximate surface area is 221 Å². The Hall–Kier alpha value is -3.32. The molecular formula is C28H24Cl2N2O3S. The molecule has 0 aromatic heterocycles. The summed E-state index contributed by atoms with van der Waals surface area (Å²) in [6.45, 7) is 3.77. The fraction of sp³-hybridized carbons (Fsp3) is 0.107. The monoisotopic (exact) mass is 538 g/mol. The SMILES string of the molecule is Cc1cc(Cl)ccc1NC(=O)c1ccc(CN(c2cc(Cl)ccc2C)S(=O)(=O)c2ccccc2)cc1. The van der Waals surface area contributed by atoms with Gasteiger partial charge < -0.3 is 5.32 Å². The van der Waals surface area contributed by atoms with Crippen LogP contribution in [0.1, 0.15) is 27.0 Å². The summed E-state index contributed by atoms with van der Waals surface area (Å²) in [4.78, 5) is 12.9. The third-order valence-electron chi connectivity index (χ3n) is 5.75. The smallest absolute Gasteiger partial charge is 0.264 e. The van der Waals surface area contributed by atoms with Gasteiger partial charge in [0.25, 0.3) is 15.9 Å². The number of rotatable bonds is 7. The molecule has 4 aromatic carbocycles. The maximum absolute atomic E-state index is 13.6. The van der Waals surface area contributed by atoms with Crippen molar-refractivity contribution in [2.75, 3.05) is 9.62 Å². The van der Waals surface area contributed by atoms with Crippen molar-refractivity contribution in [2.24, 2.45) is 0 Å². The number of nitrogens with zero attached hydrogens (tertiary/aromatic N) is 1. The van der Waals surface area contributed by atoms with Gasteiger partial charge in [-0.15, -0.1) is 0 Å². The number of anilines is 2. The second-order valence-corrected chi connectivity index (χ2v) is 11.1. The second-order valence-electron chi connectivity index (χ2n) is 8.37. The number of aryl methyl sites for hydroxylation is 2. The van der Waals surface area contributed by atoms with Crippen LogP contribution in [0.25, 0.3) is 0 Å². The van der Waals surface area contributed by atoms with Crippen molar-refractivity contribution in [2.45, 2.75) is 25.3 Å². The van der Waals surface area contributed by atoms with Gasteiger partial charge in [-0.3, -0.25) is 9.10 Å². The average molecular weight is 539 g/mol. The average Bonchev–Trinajstić information content (AvgIpc) is 2.86. The van der Waals surface area contributed by atoms with Crippen molar-refractivity contribution in [1.29, 1.82) is 0 Å². The minimum absolute atomic E-state index is 0.0661. The van der Waals surface area contributed by atoms with Crippen LogP contribution in [0.15, 0.2) is 95.9 Å². The zero-order valence-corrected chi connectivity index (χ0v) is 22.0. The maximum atomic E-state index is 13.6. The van der Waals surface area contributed by atoms with E-state index < -0.39 is 10.0 Å². The number of hydrogen-bond donors (Lipinski definition) is 1. The molecule has 0 fully saturated rings. The van der Waals surface area contributed by atoms with Gasteiger partial charge in [-0.05, 0) is 85.1 Å². The van der Waals surface area contributed by atoms with E-state index in [9.17, 15) is 13.2 Å². The standard InChI is InChI=1S/C28H24Cl2N2O3S/c1-19-8-13-24(30)17-27(19)32(36(34,35)25-6-4-3-5-7-25)18-21-9-11-22(12-10-21)28(33)31-26-15-14-23(29)16-20(26)2/h3-17H,18H2,1-2H3,(H,31,33). The normalized spacial score (nSPS) is 11.2. The Bertz CT molecular complexity index is 1510. The number of carbonyl (C=O) groups excluding carboxylic acids is 1. The van der Waals surface area contributed by atoms with Crippen LogP contribution in [0.2, 0.25) is 10.0 Å². The minimum Gasteiger partial charge on any atom is -0.322 e. The van der Waals surface area contributed by atoms with E-state index in [-0.39, 0.29) is 17.3 Å². The van der Waals surface area contributed by atoms with Crippen LogP contribution in [0.5, 0.6) is 0 Å². The van der Waals surface area contributed by atoms with Gasteiger partial charge in [0.15, 0.2) is 0 Å². The van der Waals surface area contributed by atoms with E-state index in [4.69, 9.17) is 23.2 Å². The van der Waals surface area contributed by atoms with Crippen LogP contribution in [-0.2, 0) is 16.6 Å². The van der Waals surface area contributed by atoms with Gasteiger partial charge in [0.1, 0.15) is 0 Å². The number of halogens is 2. The summed E-state index contributed by atoms with van der Waals surface area (Å²) >= 11 is 12.2. The third-order valence-corrected chi connectivity index (χ3v) is 7.99. The fourth-order valence-corrected chi connectivity index (χ4v) is 5.68. The predicted octanol–water partition coefficient (Wildman–Crippen LogP) is 7.26. The number of amides is 1. The first-order chi connectivity index (χ1) is 17.1. The van der Waals surface area contributed by atoms with Crippen LogP contribution in [0, 0.1) is 13.8 Å². The van der Waals surface area contributed by atoms with Crippen molar-refractivity contribution in [3.63, 3.8) is 0 Å². The zero-order chi connectivity index (χ0) is 25.9. The molecule has 4 aromatic rings. The molecular weight excluding hydrogens is 515 g/mol. The molecule has 0 unspecified atom stereocenters. The highest BCUT2D eigenvalue weighted by Crippen LogP contribution is 2.31. The first-order valence-electron chi connectivity index (χ1n) is 11.2. The number of benzene rings is 4. The molecule has 8 heteroatoms. The third kappa shape index (κ3) is 5.73. The molecule has 0 aliphatic carbocycles. The summed E-state index contributed by atoms with van der Waals surface area (Å²) < 4.78 is 28.6. The highest BCUT2D eigenvalue weighted by atomic mass is 35.5. The largest absolute Gasteiger partial charge is 0.322 e. The highest BCUT2D eigenvalue weighted by molar-refractivity contribution is 7.92. The van der Waals surface area contributed by atoms with Gasteiger partial charge in [-0.2, -0.15) is 0 Å². The number of hydrogen-bond acceptors (Lipinski definition) is 3. The van der Waals surface area contributed by atoms with E-state index >= 15 is 0 Å². The fourth-order valence-electron chi connectivity index (χ4n) is 3.76. The lowest BCUT2D eigenvalue weighted by Crippen LogP contribution is -2.31. The van der Waals surface area contributed by atoms with Gasteiger partial charge in [0, 0.05) is 21.3 Å². The molecule has 0 heterocycles. The molecule has 0 bridgehead atoms. The predicted molar refractivity (Wildman–Crippen MR) is 147 cm³/mol. The maximum Gasteiger partial charge on any atom is 0.264 e. The summed E-state index contributed by atoms with van der Waals surface area (Å²) in [5.41, 5.74) is 3.95. The van der Waals surface area contributed by atoms with Crippen molar-refractivity contribution < 1.29 is 13.2 Å². The summed E-state index contributed by atoms with van der Waals surface area (Å²) in [5.74, 6) is -0.272. The Balaban J connectivity index is 1.63. The van der Waals surface area contributed by atoms with Crippen molar-refractivity contribution in [3.05, 3.63) is 123 Å². The Kier molecular flexibility index (Phi) is 7.69. The lowest BCUT2D eigenvalue weighted by Gasteiger charge is -2.26. The number of sulfonamides is 1. The Morgan fingerprint density at radius 1 is 0.806 bits per heavy atom. The van der Waals surface area contributed by atoms with E-state index in [1.165, 1.54) is 4.31 Å². The van der Waals surface area contributed by atoms with Crippen LogP contribution in [0.3, 0.4) is 0 Å². The second kappa shape index (κ2) is 10.7. The molecule has 0 radical (unpaired) electrons. The molecule has 0 atom stereocenters. The zero-order valence-electron chi connectivity index (χ0n) is 19.7. The molecule has 0 aliphatic rings. The molecule has 1 N–H and O–H groups in total. The van der Waals surface area contributed by atoms with Gasteiger partial charge in [-0.25, -0.2) is 8.42 Å². The first-order valence-corrected chi connectivity index (χ1v) is 13.3. The van der Waals surface area contributed by atoms with Gasteiger partial charge in [0.05, 0.1) is 17.1 Å². The van der Waals surface area contributed by atoms with E-state index in [1.807, 2.05) is 13.8 Å². The lowest BCUT2D eigenvalue weighted by molar-refractivity contribution is 0.102. The molecule has 36 heavy (non-hydrogen) atoms. The first kappa shape index (κ1) is 25.8. The lowest BCUT2D eigenvalue weighted by atomic mass is 10.1. The number of nitrogens with one attached hydrogen (secondary N) is 1. The molecule has 0 saturated carbocycles.